The number of unbranched alkanes of at least 4 members (excludes halogenated alkanes) is 1. The molecule has 0 saturated heterocycles. The second kappa shape index (κ2) is 51.0. The molecule has 0 aliphatic carbocycles. The summed E-state index contributed by atoms with van der Waals surface area (Å²) in [6, 6.07) is 0. The molecule has 0 aromatic heterocycles. The molecule has 0 aliphatic rings. The summed E-state index contributed by atoms with van der Waals surface area (Å²) in [5.41, 5.74) is 0. The molecule has 53 heavy (non-hydrogen) atoms. The molecule has 0 radical (unpaired) electrons. The van der Waals surface area contributed by atoms with E-state index in [0.29, 0.717) is 29.2 Å². The third kappa shape index (κ3) is 84.8. The molecule has 332 valence electrons. The van der Waals surface area contributed by atoms with E-state index >= 15 is 0 Å². The van der Waals surface area contributed by atoms with Gasteiger partial charge in [-0.2, -0.15) is 0 Å². The monoisotopic (exact) mass is 763 g/mol. The maximum atomic E-state index is 11.2. The van der Waals surface area contributed by atoms with E-state index in [2.05, 4.69) is 96.9 Å². The van der Waals surface area contributed by atoms with Gasteiger partial charge in [0.25, 0.3) is 0 Å². The minimum Gasteiger partial charge on any atom is -0.299 e. The summed E-state index contributed by atoms with van der Waals surface area (Å²) >= 11 is 0. The van der Waals surface area contributed by atoms with Crippen LogP contribution in [0.1, 0.15) is 253 Å². The predicted molar refractivity (Wildman–Crippen MR) is 252 cm³/mol. The summed E-state index contributed by atoms with van der Waals surface area (Å²) in [5.74, 6) is 7.36. The number of ketones is 3. The maximum absolute atomic E-state index is 11.2. The molecule has 0 N–H and O–H groups in total. The van der Waals surface area contributed by atoms with E-state index in [1.807, 2.05) is 41.5 Å². The van der Waals surface area contributed by atoms with Gasteiger partial charge < -0.3 is 0 Å². The summed E-state index contributed by atoms with van der Waals surface area (Å²) in [5, 5.41) is 0. The minimum absolute atomic E-state index is 0. The first-order valence-corrected chi connectivity index (χ1v) is 20.4. The van der Waals surface area contributed by atoms with E-state index in [9.17, 15) is 14.4 Å². The van der Waals surface area contributed by atoms with E-state index in [-0.39, 0.29) is 54.9 Å². The fourth-order valence-corrected chi connectivity index (χ4v) is 4.10. The average Bonchev–Trinajstić information content (AvgIpc) is 2.93. The quantitative estimate of drug-likeness (QED) is 0.116. The zero-order chi connectivity index (χ0) is 39.0. The van der Waals surface area contributed by atoms with E-state index in [4.69, 9.17) is 0 Å². The third-order valence-electron chi connectivity index (χ3n) is 7.85. The van der Waals surface area contributed by atoms with Gasteiger partial charge >= 0.3 is 0 Å². The van der Waals surface area contributed by atoms with Crippen LogP contribution in [-0.2, 0) is 14.4 Å². The second-order valence-corrected chi connectivity index (χ2v) is 18.1. The molecule has 0 heterocycles. The molecule has 0 bridgehead atoms. The van der Waals surface area contributed by atoms with E-state index in [1.54, 1.807) is 0 Å². The van der Waals surface area contributed by atoms with Gasteiger partial charge in [-0.05, 0) is 54.3 Å². The number of carbonyl (C=O) groups is 3. The van der Waals surface area contributed by atoms with Crippen LogP contribution in [0.3, 0.4) is 0 Å². The summed E-state index contributed by atoms with van der Waals surface area (Å²) < 4.78 is 0. The fraction of sp³-hybridized carbons (Fsp3) is 0.940. The number of Topliss-reactive ketones (excluding diaryl/α,β-unsaturated/α-hetero) is 3. The molecule has 0 aliphatic heterocycles. The Morgan fingerprint density at radius 3 is 0.774 bits per heavy atom. The van der Waals surface area contributed by atoms with Crippen LogP contribution in [-0.4, -0.2) is 17.3 Å². The standard InChI is InChI=1S/C11H22O.C9H18O.C9H20.C8H16O.C8H18.5CH4/c1-9(2)7-5-6-8-11(12)10(3)4;1-7(2)5-6-9(10)8(3)4;1-8(2)6-5-7-9(3)4;1-6(2)5-8(9)7(3)4;1-7(2)5-6-8(3)4;;;;;/h9-10H,5-8H2,1-4H3;7-8H,5-6H2,1-4H3;8-9H,5-7H2,1-4H3;6-7H,5H2,1-4H3;7-8H,5-6H2,1-4H3;5*1H4. The summed E-state index contributed by atoms with van der Waals surface area (Å²) in [6.07, 6.45) is 13.8. The average molecular weight is 763 g/mol. The van der Waals surface area contributed by atoms with Crippen LogP contribution in [0.2, 0.25) is 0 Å². The molecule has 0 unspecified atom stereocenters. The lowest BCUT2D eigenvalue weighted by Gasteiger charge is -2.05. The van der Waals surface area contributed by atoms with Gasteiger partial charge in [-0.1, -0.05) is 221 Å². The number of carbonyl (C=O) groups excluding carboxylic acids is 3. The Hall–Kier alpha value is -0.990. The molecule has 0 aromatic carbocycles. The highest BCUT2D eigenvalue weighted by atomic mass is 16.1. The van der Waals surface area contributed by atoms with Gasteiger partial charge in [-0.3, -0.25) is 14.4 Å². The Balaban J connectivity index is -0.0000000536. The van der Waals surface area contributed by atoms with E-state index < -0.39 is 0 Å². The van der Waals surface area contributed by atoms with Crippen LogP contribution < -0.4 is 0 Å². The fourth-order valence-electron chi connectivity index (χ4n) is 4.10. The van der Waals surface area contributed by atoms with Crippen LogP contribution in [0.15, 0.2) is 0 Å². The van der Waals surface area contributed by atoms with Crippen molar-refractivity contribution in [2.45, 2.75) is 253 Å². The molecule has 0 atom stereocenters. The van der Waals surface area contributed by atoms with Crippen molar-refractivity contribution in [3.63, 3.8) is 0 Å². The van der Waals surface area contributed by atoms with Crippen molar-refractivity contribution in [2.75, 3.05) is 0 Å². The van der Waals surface area contributed by atoms with E-state index in [1.165, 1.54) is 44.9 Å². The Bertz CT molecular complexity index is 677. The maximum Gasteiger partial charge on any atom is 0.135 e. The summed E-state index contributed by atoms with van der Waals surface area (Å²) in [6.45, 7) is 42.9. The van der Waals surface area contributed by atoms with Crippen LogP contribution in [0.4, 0.5) is 0 Å². The molecule has 0 rings (SSSR count). The smallest absolute Gasteiger partial charge is 0.135 e. The van der Waals surface area contributed by atoms with Gasteiger partial charge in [0.15, 0.2) is 0 Å². The number of rotatable bonds is 20. The second-order valence-electron chi connectivity index (χ2n) is 18.1. The third-order valence-corrected chi connectivity index (χ3v) is 7.85. The summed E-state index contributed by atoms with van der Waals surface area (Å²) in [4.78, 5) is 33.2. The predicted octanol–water partition coefficient (Wildman–Crippen LogP) is 18.1. The first-order valence-electron chi connectivity index (χ1n) is 20.4. The lowest BCUT2D eigenvalue weighted by Crippen LogP contribution is -2.09. The van der Waals surface area contributed by atoms with Crippen molar-refractivity contribution in [1.29, 1.82) is 0 Å². The molecule has 0 amide bonds. The zero-order valence-electron chi connectivity index (χ0n) is 37.0. The lowest BCUT2D eigenvalue weighted by atomic mass is 9.99. The van der Waals surface area contributed by atoms with E-state index in [0.717, 1.165) is 61.7 Å². The van der Waals surface area contributed by atoms with Gasteiger partial charge in [-0.15, -0.1) is 0 Å². The van der Waals surface area contributed by atoms with Gasteiger partial charge in [0.1, 0.15) is 17.3 Å². The van der Waals surface area contributed by atoms with Crippen molar-refractivity contribution >= 4 is 17.3 Å². The normalized spacial score (nSPS) is 10.1. The molecule has 3 nitrogen and oxygen atoms in total. The molecular formula is C50H114O3. The van der Waals surface area contributed by atoms with Crippen molar-refractivity contribution in [3.05, 3.63) is 0 Å². The Kier molecular flexibility index (Phi) is 73.8. The number of hydrogen-bond donors (Lipinski definition) is 0. The zero-order valence-corrected chi connectivity index (χ0v) is 37.0. The summed E-state index contributed by atoms with van der Waals surface area (Å²) in [7, 11) is 0. The molecule has 0 saturated carbocycles. The first kappa shape index (κ1) is 76.7. The van der Waals surface area contributed by atoms with Gasteiger partial charge in [0, 0.05) is 37.0 Å². The van der Waals surface area contributed by atoms with Gasteiger partial charge in [0.2, 0.25) is 0 Å². The van der Waals surface area contributed by atoms with Crippen molar-refractivity contribution in [3.8, 4) is 0 Å². The van der Waals surface area contributed by atoms with Crippen molar-refractivity contribution < 1.29 is 14.4 Å². The van der Waals surface area contributed by atoms with Crippen LogP contribution in [0, 0.1) is 59.2 Å². The van der Waals surface area contributed by atoms with Gasteiger partial charge in [0.05, 0.1) is 0 Å². The highest BCUT2D eigenvalue weighted by molar-refractivity contribution is 5.81. The minimum atomic E-state index is 0. The Morgan fingerprint density at radius 1 is 0.283 bits per heavy atom. The Labute approximate surface area is 342 Å². The molecule has 0 spiro atoms. The van der Waals surface area contributed by atoms with Crippen LogP contribution in [0.5, 0.6) is 0 Å². The van der Waals surface area contributed by atoms with Crippen molar-refractivity contribution in [1.82, 2.24) is 0 Å². The molecule has 0 aromatic rings. The highest BCUT2D eigenvalue weighted by Crippen LogP contribution is 2.12. The lowest BCUT2D eigenvalue weighted by molar-refractivity contribution is -0.123. The highest BCUT2D eigenvalue weighted by Gasteiger charge is 2.09. The number of hydrogen-bond acceptors (Lipinski definition) is 3. The molecule has 0 fully saturated rings. The first-order chi connectivity index (χ1) is 21.9. The van der Waals surface area contributed by atoms with Crippen molar-refractivity contribution in [2.24, 2.45) is 59.2 Å². The van der Waals surface area contributed by atoms with Crippen LogP contribution in [0.25, 0.3) is 0 Å². The van der Waals surface area contributed by atoms with Gasteiger partial charge in [-0.25, -0.2) is 0 Å². The Morgan fingerprint density at radius 2 is 0.547 bits per heavy atom. The van der Waals surface area contributed by atoms with Crippen LogP contribution >= 0.6 is 0 Å². The SMILES string of the molecule is C.C.C.C.C.CC(C)CC(=O)C(C)C.CC(C)CCC(=O)C(C)C.CC(C)CCC(C)C.CC(C)CCCC(C)C.CC(C)CCCCC(=O)C(C)C. The topological polar surface area (TPSA) is 51.2 Å². The molecule has 3 heteroatoms. The molecular weight excluding hydrogens is 649 g/mol. The largest absolute Gasteiger partial charge is 0.299 e.